The van der Waals surface area contributed by atoms with E-state index in [1.54, 1.807) is 5.38 Å². The van der Waals surface area contributed by atoms with Crippen LogP contribution in [-0.4, -0.2) is 26.8 Å². The number of nitrogens with zero attached hydrogens (tertiary/aromatic N) is 3. The summed E-state index contributed by atoms with van der Waals surface area (Å²) in [6.07, 6.45) is 4.44. The van der Waals surface area contributed by atoms with Crippen molar-refractivity contribution in [2.45, 2.75) is 26.2 Å². The van der Waals surface area contributed by atoms with Gasteiger partial charge in [-0.3, -0.25) is 19.9 Å². The van der Waals surface area contributed by atoms with Crippen LogP contribution in [0.5, 0.6) is 0 Å². The molecule has 0 radical (unpaired) electrons. The van der Waals surface area contributed by atoms with Gasteiger partial charge in [0, 0.05) is 23.5 Å². The summed E-state index contributed by atoms with van der Waals surface area (Å²) in [5.74, 6) is -0.108. The topological polar surface area (TPSA) is 96.9 Å². The minimum Gasteiger partial charge on any atom is -0.326 e. The van der Waals surface area contributed by atoms with Gasteiger partial charge < -0.3 is 5.32 Å². The molecule has 0 aliphatic rings. The predicted molar refractivity (Wildman–Crippen MR) is 105 cm³/mol. The molecule has 2 heterocycles. The van der Waals surface area contributed by atoms with E-state index >= 15 is 0 Å². The first-order chi connectivity index (χ1) is 13.0. The van der Waals surface area contributed by atoms with Gasteiger partial charge in [-0.2, -0.15) is 0 Å². The molecule has 2 amide bonds. The fraction of sp³-hybridized carbons (Fsp3) is 0.211. The first kappa shape index (κ1) is 18.7. The number of benzene rings is 1. The van der Waals surface area contributed by atoms with Crippen molar-refractivity contribution in [1.29, 1.82) is 0 Å². The highest BCUT2D eigenvalue weighted by Gasteiger charge is 2.12. The van der Waals surface area contributed by atoms with E-state index in [9.17, 15) is 9.59 Å². The Morgan fingerprint density at radius 1 is 1.11 bits per heavy atom. The van der Waals surface area contributed by atoms with Gasteiger partial charge >= 0.3 is 0 Å². The van der Waals surface area contributed by atoms with E-state index in [0.29, 0.717) is 16.7 Å². The zero-order valence-corrected chi connectivity index (χ0v) is 15.8. The van der Waals surface area contributed by atoms with Crippen LogP contribution >= 0.6 is 11.3 Å². The molecule has 3 rings (SSSR count). The predicted octanol–water partition coefficient (Wildman–Crippen LogP) is 3.49. The van der Waals surface area contributed by atoms with Gasteiger partial charge in [-0.05, 0) is 23.6 Å². The zero-order chi connectivity index (χ0) is 19.2. The molecule has 27 heavy (non-hydrogen) atoms. The first-order valence-corrected chi connectivity index (χ1v) is 9.31. The number of hydrogen-bond acceptors (Lipinski definition) is 6. The van der Waals surface area contributed by atoms with Crippen molar-refractivity contribution in [2.24, 2.45) is 0 Å². The lowest BCUT2D eigenvalue weighted by atomic mass is 10.0. The van der Waals surface area contributed by atoms with Crippen molar-refractivity contribution in [1.82, 2.24) is 15.0 Å². The van der Waals surface area contributed by atoms with Crippen molar-refractivity contribution >= 4 is 34.0 Å². The standard InChI is InChI=1S/C19H19N5O2S/c1-12(2)13-3-5-14(6-4-13)22-17(25)9-15-11-27-19(23-15)24-18(26)16-10-20-7-8-21-16/h3-8,10-12H,9H2,1-2H3,(H,22,25)(H,23,24,26). The largest absolute Gasteiger partial charge is 0.326 e. The smallest absolute Gasteiger partial charge is 0.277 e. The molecule has 0 unspecified atom stereocenters. The summed E-state index contributed by atoms with van der Waals surface area (Å²) in [5.41, 5.74) is 2.76. The Bertz CT molecular complexity index is 923. The maximum atomic E-state index is 12.2. The van der Waals surface area contributed by atoms with Gasteiger partial charge in [-0.25, -0.2) is 9.97 Å². The van der Waals surface area contributed by atoms with Gasteiger partial charge in [0.15, 0.2) is 5.13 Å². The van der Waals surface area contributed by atoms with Crippen LogP contribution in [0.25, 0.3) is 0 Å². The molecule has 0 fully saturated rings. The van der Waals surface area contributed by atoms with Crippen LogP contribution in [-0.2, 0) is 11.2 Å². The highest BCUT2D eigenvalue weighted by Crippen LogP contribution is 2.19. The molecule has 0 aliphatic heterocycles. The molecule has 0 spiro atoms. The third kappa shape index (κ3) is 5.18. The lowest BCUT2D eigenvalue weighted by Gasteiger charge is -2.08. The van der Waals surface area contributed by atoms with E-state index in [-0.39, 0.29) is 18.0 Å². The van der Waals surface area contributed by atoms with E-state index in [1.807, 2.05) is 24.3 Å². The van der Waals surface area contributed by atoms with Crippen molar-refractivity contribution in [2.75, 3.05) is 10.6 Å². The van der Waals surface area contributed by atoms with E-state index in [1.165, 1.54) is 35.5 Å². The molecule has 0 atom stereocenters. The quantitative estimate of drug-likeness (QED) is 0.681. The Balaban J connectivity index is 1.55. The highest BCUT2D eigenvalue weighted by molar-refractivity contribution is 7.14. The van der Waals surface area contributed by atoms with Crippen molar-refractivity contribution in [3.8, 4) is 0 Å². The number of anilines is 2. The molecule has 0 bridgehead atoms. The number of thiazole rings is 1. The number of carbonyl (C=O) groups excluding carboxylic acids is 2. The van der Waals surface area contributed by atoms with Crippen molar-refractivity contribution in [3.05, 3.63) is 65.2 Å². The van der Waals surface area contributed by atoms with Crippen LogP contribution < -0.4 is 10.6 Å². The Labute approximate surface area is 160 Å². The average molecular weight is 381 g/mol. The number of amides is 2. The summed E-state index contributed by atoms with van der Waals surface area (Å²) in [6.45, 7) is 4.24. The molecule has 2 N–H and O–H groups in total. The molecule has 3 aromatic rings. The van der Waals surface area contributed by atoms with Gasteiger partial charge in [0.1, 0.15) is 5.69 Å². The fourth-order valence-corrected chi connectivity index (χ4v) is 3.05. The van der Waals surface area contributed by atoms with Crippen LogP contribution in [0, 0.1) is 0 Å². The van der Waals surface area contributed by atoms with Gasteiger partial charge in [0.25, 0.3) is 5.91 Å². The summed E-state index contributed by atoms with van der Waals surface area (Å²) in [4.78, 5) is 36.3. The second-order valence-electron chi connectivity index (χ2n) is 6.19. The third-order valence-corrected chi connectivity index (χ3v) is 4.58. The monoisotopic (exact) mass is 381 g/mol. The highest BCUT2D eigenvalue weighted by atomic mass is 32.1. The van der Waals surface area contributed by atoms with Crippen LogP contribution in [0.1, 0.15) is 41.5 Å². The van der Waals surface area contributed by atoms with E-state index in [0.717, 1.165) is 5.69 Å². The number of hydrogen-bond donors (Lipinski definition) is 2. The molecule has 0 saturated heterocycles. The van der Waals surface area contributed by atoms with Crippen LogP contribution in [0.4, 0.5) is 10.8 Å². The van der Waals surface area contributed by atoms with E-state index < -0.39 is 5.91 Å². The van der Waals surface area contributed by atoms with Gasteiger partial charge in [-0.15, -0.1) is 11.3 Å². The molecule has 2 aromatic heterocycles. The number of nitrogens with one attached hydrogen (secondary N) is 2. The summed E-state index contributed by atoms with van der Waals surface area (Å²) < 4.78 is 0. The molecule has 0 saturated carbocycles. The second kappa shape index (κ2) is 8.50. The maximum absolute atomic E-state index is 12.2. The molecule has 8 heteroatoms. The molecule has 138 valence electrons. The van der Waals surface area contributed by atoms with Gasteiger partial charge in [-0.1, -0.05) is 26.0 Å². The summed E-state index contributed by atoms with van der Waals surface area (Å²) in [6, 6.07) is 7.79. The van der Waals surface area contributed by atoms with E-state index in [2.05, 4.69) is 39.4 Å². The average Bonchev–Trinajstić information content (AvgIpc) is 3.09. The van der Waals surface area contributed by atoms with E-state index in [4.69, 9.17) is 0 Å². The molecular formula is C19H19N5O2S. The number of carbonyl (C=O) groups is 2. The molecule has 0 aliphatic carbocycles. The second-order valence-corrected chi connectivity index (χ2v) is 7.05. The van der Waals surface area contributed by atoms with Crippen molar-refractivity contribution < 1.29 is 9.59 Å². The van der Waals surface area contributed by atoms with Crippen LogP contribution in [0.3, 0.4) is 0 Å². The van der Waals surface area contributed by atoms with Crippen LogP contribution in [0.15, 0.2) is 48.2 Å². The Hall–Kier alpha value is -3.13. The summed E-state index contributed by atoms with van der Waals surface area (Å²) >= 11 is 1.25. The Morgan fingerprint density at radius 3 is 2.56 bits per heavy atom. The minimum absolute atomic E-state index is 0.128. The number of aromatic nitrogens is 3. The Kier molecular flexibility index (Phi) is 5.87. The number of rotatable bonds is 6. The lowest BCUT2D eigenvalue weighted by Crippen LogP contribution is -2.15. The Morgan fingerprint density at radius 2 is 1.89 bits per heavy atom. The third-order valence-electron chi connectivity index (χ3n) is 3.77. The summed E-state index contributed by atoms with van der Waals surface area (Å²) in [7, 11) is 0. The van der Waals surface area contributed by atoms with Gasteiger partial charge in [0.2, 0.25) is 5.91 Å². The molecule has 7 nitrogen and oxygen atoms in total. The summed E-state index contributed by atoms with van der Waals surface area (Å²) in [5, 5.41) is 7.66. The normalized spacial score (nSPS) is 10.6. The fourth-order valence-electron chi connectivity index (χ4n) is 2.34. The maximum Gasteiger partial charge on any atom is 0.277 e. The SMILES string of the molecule is CC(C)c1ccc(NC(=O)Cc2csc(NC(=O)c3cnccn3)n2)cc1. The van der Waals surface area contributed by atoms with Crippen LogP contribution in [0.2, 0.25) is 0 Å². The first-order valence-electron chi connectivity index (χ1n) is 8.43. The van der Waals surface area contributed by atoms with Crippen molar-refractivity contribution in [3.63, 3.8) is 0 Å². The lowest BCUT2D eigenvalue weighted by molar-refractivity contribution is -0.115. The van der Waals surface area contributed by atoms with Gasteiger partial charge in [0.05, 0.1) is 18.3 Å². The molecular weight excluding hydrogens is 362 g/mol. The minimum atomic E-state index is -0.390. The zero-order valence-electron chi connectivity index (χ0n) is 15.0. The molecule has 1 aromatic carbocycles.